The number of carbonyl (C=O) groups is 2. The quantitative estimate of drug-likeness (QED) is 0.214. The Labute approximate surface area is 181 Å². The highest BCUT2D eigenvalue weighted by Gasteiger charge is 2.53. The molecule has 1 aromatic rings. The van der Waals surface area contributed by atoms with Crippen LogP contribution in [-0.4, -0.2) is 89.1 Å². The summed E-state index contributed by atoms with van der Waals surface area (Å²) in [5, 5.41) is 29.0. The number of fused-ring (bicyclic) bond motifs is 1. The molecule has 0 aromatic carbocycles. The van der Waals surface area contributed by atoms with Gasteiger partial charge in [0.05, 0.1) is 4.99 Å². The first-order chi connectivity index (χ1) is 13.7. The molecule has 1 N–H and O–H groups in total. The SMILES string of the molecule is CC(=S)N(C)C#N.CO[C@@H]1C(=O)N2C(C(=O)O)=C(CSc3nnnn3C)CS[C@@H]12. The molecule has 0 bridgehead atoms. The van der Waals surface area contributed by atoms with Crippen LogP contribution < -0.4 is 0 Å². The first kappa shape index (κ1) is 23.1. The number of hydrogen-bond acceptors (Lipinski definition) is 10. The second-order valence-electron chi connectivity index (χ2n) is 5.88. The van der Waals surface area contributed by atoms with Gasteiger partial charge in [0.25, 0.3) is 5.91 Å². The smallest absolute Gasteiger partial charge is 0.352 e. The van der Waals surface area contributed by atoms with Crippen molar-refractivity contribution in [1.29, 1.82) is 5.26 Å². The van der Waals surface area contributed by atoms with Crippen LogP contribution in [0.3, 0.4) is 0 Å². The zero-order valence-corrected chi connectivity index (χ0v) is 18.5. The van der Waals surface area contributed by atoms with Crippen molar-refractivity contribution in [3.8, 4) is 6.19 Å². The average Bonchev–Trinajstić information content (AvgIpc) is 3.10. The van der Waals surface area contributed by atoms with E-state index in [-0.39, 0.29) is 17.0 Å². The van der Waals surface area contributed by atoms with Gasteiger partial charge in [0.15, 0.2) is 12.3 Å². The van der Waals surface area contributed by atoms with Gasteiger partial charge >= 0.3 is 5.97 Å². The maximum Gasteiger partial charge on any atom is 0.352 e. The molecule has 1 fully saturated rings. The molecule has 3 rings (SSSR count). The molecule has 2 aliphatic heterocycles. The van der Waals surface area contributed by atoms with Crippen molar-refractivity contribution in [3.63, 3.8) is 0 Å². The number of amides is 1. The van der Waals surface area contributed by atoms with Crippen LogP contribution in [0.25, 0.3) is 0 Å². The zero-order valence-electron chi connectivity index (χ0n) is 16.1. The Kier molecular flexibility index (Phi) is 7.96. The predicted octanol–water partition coefficient (Wildman–Crippen LogP) is 0.318. The number of thiocarbonyl (C=S) groups is 1. The molecule has 0 aliphatic carbocycles. The van der Waals surface area contributed by atoms with Gasteiger partial charge in [-0.05, 0) is 22.9 Å². The topological polar surface area (TPSA) is 137 Å². The van der Waals surface area contributed by atoms with Crippen molar-refractivity contribution < 1.29 is 19.4 Å². The molecule has 1 saturated heterocycles. The number of aliphatic carboxylic acids is 1. The molecular formula is C15H19N7O4S3. The minimum atomic E-state index is -1.10. The van der Waals surface area contributed by atoms with E-state index in [1.807, 2.05) is 6.19 Å². The van der Waals surface area contributed by atoms with Crippen molar-refractivity contribution in [2.24, 2.45) is 7.05 Å². The molecule has 1 aromatic heterocycles. The fourth-order valence-electron chi connectivity index (χ4n) is 2.41. The second-order valence-corrected chi connectivity index (χ2v) is 8.51. The highest BCUT2D eigenvalue weighted by atomic mass is 32.2. The van der Waals surface area contributed by atoms with E-state index in [9.17, 15) is 14.7 Å². The molecule has 11 nitrogen and oxygen atoms in total. The summed E-state index contributed by atoms with van der Waals surface area (Å²) < 4.78 is 6.62. The van der Waals surface area contributed by atoms with Crippen molar-refractivity contribution in [2.75, 3.05) is 25.7 Å². The summed E-state index contributed by atoms with van der Waals surface area (Å²) in [4.78, 5) is 26.8. The first-order valence-electron chi connectivity index (χ1n) is 8.14. The molecule has 14 heteroatoms. The van der Waals surface area contributed by atoms with E-state index >= 15 is 0 Å². The number of methoxy groups -OCH3 is 1. The summed E-state index contributed by atoms with van der Waals surface area (Å²) in [7, 11) is 4.79. The number of β-lactam (4-membered cyclic amide) rings is 1. The van der Waals surface area contributed by atoms with E-state index in [2.05, 4.69) is 27.7 Å². The van der Waals surface area contributed by atoms with Crippen molar-refractivity contribution in [1.82, 2.24) is 30.0 Å². The van der Waals surface area contributed by atoms with Crippen molar-refractivity contribution >= 4 is 52.6 Å². The minimum absolute atomic E-state index is 0.0599. The Morgan fingerprint density at radius 2 is 2.28 bits per heavy atom. The van der Waals surface area contributed by atoms with Gasteiger partial charge in [-0.2, -0.15) is 5.26 Å². The van der Waals surface area contributed by atoms with Crippen LogP contribution in [0.1, 0.15) is 6.92 Å². The second kappa shape index (κ2) is 10.0. The number of carboxylic acid groups (broad SMARTS) is 1. The molecule has 2 aliphatic rings. The minimum Gasteiger partial charge on any atom is -0.477 e. The monoisotopic (exact) mass is 457 g/mol. The van der Waals surface area contributed by atoms with Gasteiger partial charge in [-0.3, -0.25) is 14.6 Å². The highest BCUT2D eigenvalue weighted by molar-refractivity contribution is 8.01. The van der Waals surface area contributed by atoms with E-state index in [0.29, 0.717) is 27.2 Å². The molecule has 156 valence electrons. The highest BCUT2D eigenvalue weighted by Crippen LogP contribution is 2.42. The fraction of sp³-hybridized carbons (Fsp3) is 0.533. The zero-order chi connectivity index (χ0) is 21.7. The number of carbonyl (C=O) groups excluding carboxylic acids is 1. The first-order valence-corrected chi connectivity index (χ1v) is 10.6. The number of rotatable bonds is 5. The van der Waals surface area contributed by atoms with Gasteiger partial charge < -0.3 is 9.84 Å². The average molecular weight is 458 g/mol. The third-order valence-electron chi connectivity index (χ3n) is 4.03. The van der Waals surface area contributed by atoms with Crippen LogP contribution in [0.5, 0.6) is 0 Å². The number of nitriles is 1. The molecule has 0 spiro atoms. The molecule has 0 saturated carbocycles. The number of hydrogen-bond donors (Lipinski definition) is 1. The standard InChI is InChI=1S/C11H13N5O4S2.C4H6N2S/c1-15-11(12-13-14-15)22-4-5-3-21-9-7(20-2)8(17)16(9)6(5)10(18)19;1-4(7)6(2)3-5/h7,9H,3-4H2,1-2H3,(H,18,19);1-2H3/t7-,9+;/m1./s1. The van der Waals surface area contributed by atoms with E-state index in [1.165, 1.54) is 45.1 Å². The van der Waals surface area contributed by atoms with E-state index in [1.54, 1.807) is 21.0 Å². The third kappa shape index (κ3) is 5.04. The number of ether oxygens (including phenoxy) is 1. The lowest BCUT2D eigenvalue weighted by Crippen LogP contribution is -2.65. The van der Waals surface area contributed by atoms with Gasteiger partial charge in [-0.15, -0.1) is 16.9 Å². The van der Waals surface area contributed by atoms with Crippen LogP contribution in [-0.2, 0) is 21.4 Å². The lowest BCUT2D eigenvalue weighted by atomic mass is 10.1. The largest absolute Gasteiger partial charge is 0.477 e. The van der Waals surface area contributed by atoms with Crippen LogP contribution in [0.4, 0.5) is 0 Å². The molecule has 2 atom stereocenters. The number of aromatic nitrogens is 4. The number of aryl methyl sites for hydroxylation is 1. The maximum atomic E-state index is 12.0. The van der Waals surface area contributed by atoms with Crippen molar-refractivity contribution in [2.45, 2.75) is 23.6 Å². The Balaban J connectivity index is 0.000000370. The molecule has 29 heavy (non-hydrogen) atoms. The summed E-state index contributed by atoms with van der Waals surface area (Å²) in [6.45, 7) is 1.71. The number of carboxylic acids is 1. The van der Waals surface area contributed by atoms with Crippen LogP contribution in [0.2, 0.25) is 0 Å². The lowest BCUT2D eigenvalue weighted by molar-refractivity contribution is -0.162. The van der Waals surface area contributed by atoms with Gasteiger partial charge in [-0.25, -0.2) is 9.48 Å². The Morgan fingerprint density at radius 1 is 1.59 bits per heavy atom. The molecule has 0 radical (unpaired) electrons. The molecular weight excluding hydrogens is 438 g/mol. The summed E-state index contributed by atoms with van der Waals surface area (Å²) >= 11 is 7.47. The van der Waals surface area contributed by atoms with Crippen LogP contribution >= 0.6 is 35.7 Å². The third-order valence-corrected chi connectivity index (χ3v) is 6.72. The fourth-order valence-corrected chi connectivity index (χ4v) is 4.81. The predicted molar refractivity (Wildman–Crippen MR) is 110 cm³/mol. The van der Waals surface area contributed by atoms with E-state index in [0.717, 1.165) is 0 Å². The number of nitrogens with zero attached hydrogens (tertiary/aromatic N) is 7. The Morgan fingerprint density at radius 3 is 2.72 bits per heavy atom. The summed E-state index contributed by atoms with van der Waals surface area (Å²) in [5.74, 6) is -0.453. The van der Waals surface area contributed by atoms with Gasteiger partial charge in [0.1, 0.15) is 11.1 Å². The normalized spacial score (nSPS) is 20.1. The summed E-state index contributed by atoms with van der Waals surface area (Å²) in [6, 6.07) is 0. The number of thioether (sulfide) groups is 2. The molecule has 3 heterocycles. The van der Waals surface area contributed by atoms with Gasteiger partial charge in [0, 0.05) is 32.7 Å². The van der Waals surface area contributed by atoms with Crippen LogP contribution in [0, 0.1) is 11.5 Å². The summed E-state index contributed by atoms with van der Waals surface area (Å²) in [5.41, 5.74) is 0.745. The Hall–Kier alpha value is -2.21. The van der Waals surface area contributed by atoms with Crippen LogP contribution in [0.15, 0.2) is 16.4 Å². The molecule has 0 unspecified atom stereocenters. The van der Waals surface area contributed by atoms with Gasteiger partial charge in [0.2, 0.25) is 5.16 Å². The number of tetrazole rings is 1. The van der Waals surface area contributed by atoms with E-state index < -0.39 is 12.1 Å². The maximum absolute atomic E-state index is 12.0. The molecule has 1 amide bonds. The Bertz CT molecular complexity index is 882. The summed E-state index contributed by atoms with van der Waals surface area (Å²) in [6.07, 6.45) is 1.30. The van der Waals surface area contributed by atoms with E-state index in [4.69, 9.17) is 10.00 Å². The lowest BCUT2D eigenvalue weighted by Gasteiger charge is -2.48. The van der Waals surface area contributed by atoms with Gasteiger partial charge in [-0.1, -0.05) is 24.0 Å². The van der Waals surface area contributed by atoms with Crippen molar-refractivity contribution in [3.05, 3.63) is 11.3 Å².